The van der Waals surface area contributed by atoms with Crippen molar-refractivity contribution in [2.45, 2.75) is 6.54 Å². The van der Waals surface area contributed by atoms with Gasteiger partial charge in [0, 0.05) is 32.7 Å². The molecule has 1 N–H and O–H groups in total. The molecule has 132 valence electrons. The maximum Gasteiger partial charge on any atom is 0.317 e. The van der Waals surface area contributed by atoms with Gasteiger partial charge in [0.05, 0.1) is 6.20 Å². The Kier molecular flexibility index (Phi) is 5.06. The topological polar surface area (TPSA) is 48.5 Å². The molecule has 5 nitrogen and oxygen atoms in total. The number of rotatable bonds is 3. The van der Waals surface area contributed by atoms with Crippen LogP contribution in [0.15, 0.2) is 36.5 Å². The first-order chi connectivity index (χ1) is 12.0. The Morgan fingerprint density at radius 1 is 1.04 bits per heavy atom. The van der Waals surface area contributed by atoms with Crippen LogP contribution in [0.5, 0.6) is 0 Å². The number of amides is 2. The first-order valence-corrected chi connectivity index (χ1v) is 7.86. The Morgan fingerprint density at radius 2 is 1.80 bits per heavy atom. The molecule has 1 saturated heterocycles. The lowest BCUT2D eigenvalue weighted by Crippen LogP contribution is -2.51. The number of hydrogen-bond acceptors (Lipinski definition) is 3. The van der Waals surface area contributed by atoms with E-state index >= 15 is 0 Å². The van der Waals surface area contributed by atoms with E-state index < -0.39 is 11.6 Å². The van der Waals surface area contributed by atoms with Gasteiger partial charge in [-0.25, -0.2) is 22.9 Å². The number of carbonyl (C=O) groups excluding carboxylic acids is 1. The van der Waals surface area contributed by atoms with Gasteiger partial charge in [-0.15, -0.1) is 0 Å². The summed E-state index contributed by atoms with van der Waals surface area (Å²) in [4.78, 5) is 19.8. The normalized spacial score (nSPS) is 14.5. The highest BCUT2D eigenvalue weighted by atomic mass is 19.2. The SMILES string of the molecule is O=C(NCc1ccc(F)c(F)c1)N1CCN(c2ccc(F)cn2)CC1. The summed E-state index contributed by atoms with van der Waals surface area (Å²) in [6.07, 6.45) is 1.16. The molecule has 2 amide bonds. The molecule has 3 rings (SSSR count). The second-order valence-corrected chi connectivity index (χ2v) is 5.72. The van der Waals surface area contributed by atoms with E-state index in [4.69, 9.17) is 0 Å². The van der Waals surface area contributed by atoms with E-state index in [1.165, 1.54) is 12.1 Å². The summed E-state index contributed by atoms with van der Waals surface area (Å²) in [5.74, 6) is -1.57. The highest BCUT2D eigenvalue weighted by Gasteiger charge is 2.21. The van der Waals surface area contributed by atoms with Crippen molar-refractivity contribution in [2.75, 3.05) is 31.1 Å². The molecular weight excluding hydrogens is 333 g/mol. The molecule has 0 aliphatic carbocycles. The molecule has 0 spiro atoms. The smallest absolute Gasteiger partial charge is 0.317 e. The summed E-state index contributed by atoms with van der Waals surface area (Å²) in [7, 11) is 0. The predicted molar refractivity (Wildman–Crippen MR) is 86.6 cm³/mol. The lowest BCUT2D eigenvalue weighted by molar-refractivity contribution is 0.194. The number of anilines is 1. The number of hydrogen-bond donors (Lipinski definition) is 1. The van der Waals surface area contributed by atoms with E-state index in [0.29, 0.717) is 37.6 Å². The molecule has 0 bridgehead atoms. The zero-order chi connectivity index (χ0) is 17.8. The van der Waals surface area contributed by atoms with Crippen LogP contribution in [0, 0.1) is 17.5 Å². The van der Waals surface area contributed by atoms with E-state index in [1.807, 2.05) is 4.90 Å². The zero-order valence-corrected chi connectivity index (χ0v) is 13.4. The van der Waals surface area contributed by atoms with Crippen molar-refractivity contribution in [1.29, 1.82) is 0 Å². The van der Waals surface area contributed by atoms with Crippen LogP contribution in [0.3, 0.4) is 0 Å². The number of nitrogens with zero attached hydrogens (tertiary/aromatic N) is 3. The fourth-order valence-corrected chi connectivity index (χ4v) is 2.63. The number of aromatic nitrogens is 1. The predicted octanol–water partition coefficient (Wildman–Crippen LogP) is 2.53. The number of benzene rings is 1. The van der Waals surface area contributed by atoms with Crippen LogP contribution in [0.4, 0.5) is 23.8 Å². The summed E-state index contributed by atoms with van der Waals surface area (Å²) in [5, 5.41) is 2.69. The van der Waals surface area contributed by atoms with Gasteiger partial charge in [-0.1, -0.05) is 6.07 Å². The number of urea groups is 1. The summed E-state index contributed by atoms with van der Waals surface area (Å²) >= 11 is 0. The van der Waals surface area contributed by atoms with Gasteiger partial charge in [-0.3, -0.25) is 0 Å². The lowest BCUT2D eigenvalue weighted by atomic mass is 10.2. The fraction of sp³-hybridized carbons (Fsp3) is 0.294. The van der Waals surface area contributed by atoms with Gasteiger partial charge >= 0.3 is 6.03 Å². The Balaban J connectivity index is 1.49. The summed E-state index contributed by atoms with van der Waals surface area (Å²) in [6, 6.07) is 6.21. The van der Waals surface area contributed by atoms with Crippen LogP contribution in [0.2, 0.25) is 0 Å². The van der Waals surface area contributed by atoms with E-state index in [0.717, 1.165) is 18.3 Å². The summed E-state index contributed by atoms with van der Waals surface area (Å²) in [5.41, 5.74) is 0.487. The largest absolute Gasteiger partial charge is 0.353 e. The van der Waals surface area contributed by atoms with Crippen molar-refractivity contribution < 1.29 is 18.0 Å². The van der Waals surface area contributed by atoms with Crippen molar-refractivity contribution in [3.63, 3.8) is 0 Å². The van der Waals surface area contributed by atoms with Crippen LogP contribution in [-0.2, 0) is 6.54 Å². The molecule has 8 heteroatoms. The lowest BCUT2D eigenvalue weighted by Gasteiger charge is -2.35. The van der Waals surface area contributed by atoms with Gasteiger partial charge in [-0.05, 0) is 29.8 Å². The molecule has 1 fully saturated rings. The van der Waals surface area contributed by atoms with Crippen LogP contribution in [0.1, 0.15) is 5.56 Å². The average Bonchev–Trinajstić information content (AvgIpc) is 2.63. The van der Waals surface area contributed by atoms with Gasteiger partial charge in [0.1, 0.15) is 11.6 Å². The third-order valence-corrected chi connectivity index (χ3v) is 4.03. The quantitative estimate of drug-likeness (QED) is 0.925. The monoisotopic (exact) mass is 350 g/mol. The maximum absolute atomic E-state index is 13.2. The molecule has 1 aliphatic heterocycles. The minimum Gasteiger partial charge on any atom is -0.353 e. The van der Waals surface area contributed by atoms with Gasteiger partial charge in [0.15, 0.2) is 11.6 Å². The zero-order valence-electron chi connectivity index (χ0n) is 13.4. The Labute approximate surface area is 143 Å². The molecule has 0 unspecified atom stereocenters. The molecule has 25 heavy (non-hydrogen) atoms. The van der Waals surface area contributed by atoms with Gasteiger partial charge in [0.2, 0.25) is 0 Å². The van der Waals surface area contributed by atoms with E-state index in [-0.39, 0.29) is 18.4 Å². The molecule has 2 heterocycles. The average molecular weight is 350 g/mol. The second-order valence-electron chi connectivity index (χ2n) is 5.72. The second kappa shape index (κ2) is 7.42. The Morgan fingerprint density at radius 3 is 2.44 bits per heavy atom. The first kappa shape index (κ1) is 17.1. The fourth-order valence-electron chi connectivity index (χ4n) is 2.63. The molecule has 1 aromatic heterocycles. The molecule has 0 atom stereocenters. The maximum atomic E-state index is 13.2. The third kappa shape index (κ3) is 4.20. The number of halogens is 3. The minimum absolute atomic E-state index is 0.121. The van der Waals surface area contributed by atoms with Crippen molar-refractivity contribution >= 4 is 11.8 Å². The van der Waals surface area contributed by atoms with Gasteiger partial charge < -0.3 is 15.1 Å². The van der Waals surface area contributed by atoms with E-state index in [1.54, 1.807) is 11.0 Å². The summed E-state index contributed by atoms with van der Waals surface area (Å²) < 4.78 is 38.9. The van der Waals surface area contributed by atoms with Crippen molar-refractivity contribution in [2.24, 2.45) is 0 Å². The van der Waals surface area contributed by atoms with Crippen LogP contribution in [-0.4, -0.2) is 42.1 Å². The highest BCUT2D eigenvalue weighted by Crippen LogP contribution is 2.14. The highest BCUT2D eigenvalue weighted by molar-refractivity contribution is 5.74. The Hall–Kier alpha value is -2.77. The summed E-state index contributed by atoms with van der Waals surface area (Å²) in [6.45, 7) is 2.26. The van der Waals surface area contributed by atoms with Crippen LogP contribution >= 0.6 is 0 Å². The van der Waals surface area contributed by atoms with Gasteiger partial charge in [0.25, 0.3) is 0 Å². The number of piperazine rings is 1. The van der Waals surface area contributed by atoms with Crippen molar-refractivity contribution in [1.82, 2.24) is 15.2 Å². The van der Waals surface area contributed by atoms with Crippen molar-refractivity contribution in [3.05, 3.63) is 59.5 Å². The molecule has 2 aromatic rings. The molecule has 1 aliphatic rings. The molecule has 1 aromatic carbocycles. The van der Waals surface area contributed by atoms with Crippen LogP contribution < -0.4 is 10.2 Å². The molecule has 0 saturated carbocycles. The standard InChI is InChI=1S/C17H17F3N4O/c18-13-2-4-16(21-11-13)23-5-7-24(8-6-23)17(25)22-10-12-1-3-14(19)15(20)9-12/h1-4,9,11H,5-8,10H2,(H,22,25). The Bertz CT molecular complexity index is 746. The number of pyridine rings is 1. The van der Waals surface area contributed by atoms with E-state index in [2.05, 4.69) is 10.3 Å². The first-order valence-electron chi connectivity index (χ1n) is 7.86. The van der Waals surface area contributed by atoms with E-state index in [9.17, 15) is 18.0 Å². The van der Waals surface area contributed by atoms with Crippen LogP contribution in [0.25, 0.3) is 0 Å². The number of carbonyl (C=O) groups is 1. The molecular formula is C17H17F3N4O. The van der Waals surface area contributed by atoms with Crippen molar-refractivity contribution in [3.8, 4) is 0 Å². The third-order valence-electron chi connectivity index (χ3n) is 4.03. The number of nitrogens with one attached hydrogen (secondary N) is 1. The molecule has 0 radical (unpaired) electrons. The minimum atomic E-state index is -0.938. The van der Waals surface area contributed by atoms with Gasteiger partial charge in [-0.2, -0.15) is 0 Å².